The van der Waals surface area contributed by atoms with Gasteiger partial charge in [0.25, 0.3) is 5.91 Å². The molecule has 2 N–H and O–H groups in total. The van der Waals surface area contributed by atoms with E-state index in [1.807, 2.05) is 0 Å². The molecule has 2 heterocycles. The molecule has 27 heavy (non-hydrogen) atoms. The molecular formula is C18H16FN5O2S. The quantitative estimate of drug-likeness (QED) is 0.703. The van der Waals surface area contributed by atoms with Gasteiger partial charge in [0.2, 0.25) is 5.91 Å². The zero-order chi connectivity index (χ0) is 19.4. The Balaban J connectivity index is 1.83. The zero-order valence-electron chi connectivity index (χ0n) is 14.6. The lowest BCUT2D eigenvalue weighted by Gasteiger charge is -2.10. The van der Waals surface area contributed by atoms with Crippen LogP contribution < -0.4 is 10.6 Å². The molecule has 0 bridgehead atoms. The fourth-order valence-corrected chi connectivity index (χ4v) is 3.38. The van der Waals surface area contributed by atoms with Crippen LogP contribution >= 0.6 is 11.5 Å². The van der Waals surface area contributed by atoms with Crippen molar-refractivity contribution < 1.29 is 14.0 Å². The summed E-state index contributed by atoms with van der Waals surface area (Å²) in [6.45, 7) is 3.03. The number of halogens is 1. The largest absolute Gasteiger partial charge is 0.324 e. The van der Waals surface area contributed by atoms with Crippen LogP contribution in [0.4, 0.5) is 15.8 Å². The summed E-state index contributed by atoms with van der Waals surface area (Å²) < 4.78 is 18.0. The minimum absolute atomic E-state index is 0.000231. The molecule has 0 unspecified atom stereocenters. The SMILES string of the molecule is CC(=O)Nc1cc(NC(=O)c2c(C)nsc2Cc2cnccn2)ccc1F. The number of carbonyl (C=O) groups is 2. The van der Waals surface area contributed by atoms with Crippen molar-refractivity contribution >= 4 is 34.7 Å². The van der Waals surface area contributed by atoms with Gasteiger partial charge in [0, 0.05) is 42.5 Å². The van der Waals surface area contributed by atoms with E-state index in [9.17, 15) is 14.0 Å². The Hall–Kier alpha value is -3.20. The minimum atomic E-state index is -0.583. The topological polar surface area (TPSA) is 96.9 Å². The van der Waals surface area contributed by atoms with Crippen molar-refractivity contribution in [2.75, 3.05) is 10.6 Å². The van der Waals surface area contributed by atoms with Crippen molar-refractivity contribution in [3.8, 4) is 0 Å². The van der Waals surface area contributed by atoms with Crippen molar-refractivity contribution in [2.24, 2.45) is 0 Å². The maximum absolute atomic E-state index is 13.8. The summed E-state index contributed by atoms with van der Waals surface area (Å²) in [7, 11) is 0. The highest BCUT2D eigenvalue weighted by atomic mass is 32.1. The molecule has 0 fully saturated rings. The summed E-state index contributed by atoms with van der Waals surface area (Å²) in [4.78, 5) is 32.9. The summed E-state index contributed by atoms with van der Waals surface area (Å²) in [5.41, 5.74) is 2.14. The molecule has 9 heteroatoms. The Labute approximate surface area is 158 Å². The van der Waals surface area contributed by atoms with Gasteiger partial charge in [-0.3, -0.25) is 19.6 Å². The van der Waals surface area contributed by atoms with Gasteiger partial charge >= 0.3 is 0 Å². The van der Waals surface area contributed by atoms with E-state index in [1.165, 1.54) is 36.7 Å². The Morgan fingerprint density at radius 3 is 2.74 bits per heavy atom. The number of anilines is 2. The first kappa shape index (κ1) is 18.6. The molecule has 0 radical (unpaired) electrons. The van der Waals surface area contributed by atoms with E-state index < -0.39 is 11.7 Å². The maximum Gasteiger partial charge on any atom is 0.258 e. The van der Waals surface area contributed by atoms with Crippen LogP contribution in [0.3, 0.4) is 0 Å². The summed E-state index contributed by atoms with van der Waals surface area (Å²) >= 11 is 1.23. The number of hydrogen-bond donors (Lipinski definition) is 2. The van der Waals surface area contributed by atoms with Gasteiger partial charge in [-0.15, -0.1) is 0 Å². The average molecular weight is 385 g/mol. The highest BCUT2D eigenvalue weighted by Gasteiger charge is 2.19. The minimum Gasteiger partial charge on any atom is -0.324 e. The van der Waals surface area contributed by atoms with E-state index in [4.69, 9.17) is 0 Å². The Morgan fingerprint density at radius 1 is 1.22 bits per heavy atom. The summed E-state index contributed by atoms with van der Waals surface area (Å²) in [6, 6.07) is 3.97. The van der Waals surface area contributed by atoms with Gasteiger partial charge in [-0.05, 0) is 36.7 Å². The first-order valence-electron chi connectivity index (χ1n) is 8.02. The van der Waals surface area contributed by atoms with Gasteiger partial charge in [-0.2, -0.15) is 4.37 Å². The third-order valence-corrected chi connectivity index (χ3v) is 4.59. The Kier molecular flexibility index (Phi) is 5.51. The number of hydrogen-bond acceptors (Lipinski definition) is 6. The first-order valence-corrected chi connectivity index (χ1v) is 8.80. The van der Waals surface area contributed by atoms with Crippen LogP contribution in [0.5, 0.6) is 0 Å². The second-order valence-corrected chi connectivity index (χ2v) is 6.63. The van der Waals surface area contributed by atoms with E-state index >= 15 is 0 Å². The van der Waals surface area contributed by atoms with Crippen molar-refractivity contribution in [1.29, 1.82) is 0 Å². The Morgan fingerprint density at radius 2 is 2.04 bits per heavy atom. The molecule has 0 aliphatic rings. The molecule has 1 aromatic carbocycles. The molecule has 3 aromatic rings. The van der Waals surface area contributed by atoms with E-state index in [2.05, 4.69) is 25.0 Å². The van der Waals surface area contributed by atoms with Crippen LogP contribution in [0.25, 0.3) is 0 Å². The molecule has 0 aliphatic heterocycles. The van der Waals surface area contributed by atoms with Gasteiger partial charge in [0.05, 0.1) is 22.6 Å². The number of aromatic nitrogens is 3. The monoisotopic (exact) mass is 385 g/mol. The third kappa shape index (κ3) is 4.50. The van der Waals surface area contributed by atoms with Crippen molar-refractivity contribution in [1.82, 2.24) is 14.3 Å². The summed E-state index contributed by atoms with van der Waals surface area (Å²) in [6.07, 6.45) is 5.24. The number of aryl methyl sites for hydroxylation is 1. The van der Waals surface area contributed by atoms with Gasteiger partial charge < -0.3 is 10.6 Å². The standard InChI is InChI=1S/C18H16FN5O2S/c1-10-17(16(27-24-10)8-13-9-20-5-6-21-13)18(26)23-12-3-4-14(19)15(7-12)22-11(2)25/h3-7,9H,8H2,1-2H3,(H,22,25)(H,23,26). The lowest BCUT2D eigenvalue weighted by atomic mass is 10.1. The van der Waals surface area contributed by atoms with Crippen LogP contribution in [0.2, 0.25) is 0 Å². The number of nitrogens with zero attached hydrogens (tertiary/aromatic N) is 3. The molecular weight excluding hydrogens is 369 g/mol. The van der Waals surface area contributed by atoms with E-state index in [0.717, 1.165) is 10.6 Å². The van der Waals surface area contributed by atoms with E-state index in [-0.39, 0.29) is 11.6 Å². The van der Waals surface area contributed by atoms with Crippen molar-refractivity contribution in [2.45, 2.75) is 20.3 Å². The highest BCUT2D eigenvalue weighted by molar-refractivity contribution is 7.06. The summed E-state index contributed by atoms with van der Waals surface area (Å²) in [5, 5.41) is 5.11. The molecule has 138 valence electrons. The lowest BCUT2D eigenvalue weighted by molar-refractivity contribution is -0.114. The molecule has 2 amide bonds. The van der Waals surface area contributed by atoms with Crippen LogP contribution in [-0.4, -0.2) is 26.2 Å². The molecule has 0 aliphatic carbocycles. The Bertz CT molecular complexity index is 991. The van der Waals surface area contributed by atoms with E-state index in [0.29, 0.717) is 23.4 Å². The fraction of sp³-hybridized carbons (Fsp3) is 0.167. The van der Waals surface area contributed by atoms with Crippen LogP contribution in [-0.2, 0) is 11.2 Å². The molecule has 7 nitrogen and oxygen atoms in total. The lowest BCUT2D eigenvalue weighted by Crippen LogP contribution is -2.15. The number of carbonyl (C=O) groups excluding carboxylic acids is 2. The maximum atomic E-state index is 13.8. The predicted molar refractivity (Wildman–Crippen MR) is 100 cm³/mol. The van der Waals surface area contributed by atoms with Crippen LogP contribution in [0.1, 0.15) is 33.5 Å². The molecule has 0 atom stereocenters. The van der Waals surface area contributed by atoms with Gasteiger partial charge in [-0.25, -0.2) is 4.39 Å². The van der Waals surface area contributed by atoms with Gasteiger partial charge in [-0.1, -0.05) is 0 Å². The number of benzene rings is 1. The van der Waals surface area contributed by atoms with Gasteiger partial charge in [0.1, 0.15) is 5.82 Å². The second kappa shape index (κ2) is 8.00. The number of nitrogens with one attached hydrogen (secondary N) is 2. The normalized spacial score (nSPS) is 10.5. The third-order valence-electron chi connectivity index (χ3n) is 3.65. The highest BCUT2D eigenvalue weighted by Crippen LogP contribution is 2.24. The molecule has 0 saturated heterocycles. The van der Waals surface area contributed by atoms with Crippen LogP contribution in [0, 0.1) is 12.7 Å². The molecule has 2 aromatic heterocycles. The zero-order valence-corrected chi connectivity index (χ0v) is 15.4. The second-order valence-electron chi connectivity index (χ2n) is 5.77. The van der Waals surface area contributed by atoms with Crippen LogP contribution in [0.15, 0.2) is 36.8 Å². The number of rotatable bonds is 5. The average Bonchev–Trinajstić information content (AvgIpc) is 2.98. The molecule has 3 rings (SSSR count). The van der Waals surface area contributed by atoms with Crippen molar-refractivity contribution in [3.05, 3.63) is 64.4 Å². The smallest absolute Gasteiger partial charge is 0.258 e. The number of amides is 2. The predicted octanol–water partition coefficient (Wildman–Crippen LogP) is 3.18. The molecule has 0 saturated carbocycles. The molecule has 0 spiro atoms. The fourth-order valence-electron chi connectivity index (χ4n) is 2.50. The summed E-state index contributed by atoms with van der Waals surface area (Å²) in [5.74, 6) is -1.35. The van der Waals surface area contributed by atoms with Gasteiger partial charge in [0.15, 0.2) is 0 Å². The van der Waals surface area contributed by atoms with E-state index in [1.54, 1.807) is 25.5 Å². The first-order chi connectivity index (χ1) is 12.9. The van der Waals surface area contributed by atoms with Crippen molar-refractivity contribution in [3.63, 3.8) is 0 Å².